The Morgan fingerprint density at radius 3 is 2.94 bits per heavy atom. The van der Waals surface area contributed by atoms with Crippen LogP contribution in [0, 0.1) is 0 Å². The van der Waals surface area contributed by atoms with Crippen molar-refractivity contribution in [3.63, 3.8) is 0 Å². The van der Waals surface area contributed by atoms with Gasteiger partial charge in [-0.2, -0.15) is 0 Å². The molecule has 1 N–H and O–H groups in total. The second kappa shape index (κ2) is 5.28. The van der Waals surface area contributed by atoms with E-state index in [1.54, 1.807) is 6.20 Å². The van der Waals surface area contributed by atoms with Gasteiger partial charge in [0.05, 0.1) is 11.6 Å². The first-order chi connectivity index (χ1) is 7.83. The van der Waals surface area contributed by atoms with E-state index in [4.69, 9.17) is 11.6 Å². The first-order valence-electron chi connectivity index (χ1n) is 5.40. The smallest absolute Gasteiger partial charge is 0.0797 e. The first-order valence-corrected chi connectivity index (χ1v) is 5.94. The van der Waals surface area contributed by atoms with Crippen LogP contribution in [-0.2, 0) is 0 Å². The largest absolute Gasteiger partial charge is 0.388 e. The molecule has 1 atom stereocenters. The predicted molar refractivity (Wildman–Crippen MR) is 66.7 cm³/mol. The van der Waals surface area contributed by atoms with E-state index < -0.39 is 6.10 Å². The summed E-state index contributed by atoms with van der Waals surface area (Å²) in [4.78, 5) is 4.27. The quantitative estimate of drug-likeness (QED) is 0.825. The SMILES string of the molecule is OC(CCCCl)c1cccc2ncccc12. The van der Waals surface area contributed by atoms with Crippen LogP contribution in [0.3, 0.4) is 0 Å². The molecule has 0 bridgehead atoms. The van der Waals surface area contributed by atoms with Crippen LogP contribution < -0.4 is 0 Å². The Kier molecular flexibility index (Phi) is 3.75. The number of rotatable bonds is 4. The topological polar surface area (TPSA) is 33.1 Å². The average molecular weight is 236 g/mol. The number of fused-ring (bicyclic) bond motifs is 1. The summed E-state index contributed by atoms with van der Waals surface area (Å²) in [5, 5.41) is 11.1. The Morgan fingerprint density at radius 1 is 1.25 bits per heavy atom. The molecule has 1 aromatic carbocycles. The molecule has 0 aliphatic rings. The molecule has 2 rings (SSSR count). The van der Waals surface area contributed by atoms with Gasteiger partial charge in [-0.3, -0.25) is 4.98 Å². The van der Waals surface area contributed by atoms with E-state index >= 15 is 0 Å². The number of hydrogen-bond donors (Lipinski definition) is 1. The van der Waals surface area contributed by atoms with Gasteiger partial charge in [0, 0.05) is 17.5 Å². The summed E-state index contributed by atoms with van der Waals surface area (Å²) in [5.74, 6) is 0.583. The van der Waals surface area contributed by atoms with Crippen LogP contribution in [0.2, 0.25) is 0 Å². The lowest BCUT2D eigenvalue weighted by Gasteiger charge is -2.12. The van der Waals surface area contributed by atoms with Crippen LogP contribution in [0.15, 0.2) is 36.5 Å². The number of pyridine rings is 1. The summed E-state index contributed by atoms with van der Waals surface area (Å²) in [7, 11) is 0. The molecule has 3 heteroatoms. The van der Waals surface area contributed by atoms with E-state index in [0.29, 0.717) is 12.3 Å². The maximum absolute atomic E-state index is 10.1. The van der Waals surface area contributed by atoms with Crippen molar-refractivity contribution < 1.29 is 5.11 Å². The van der Waals surface area contributed by atoms with E-state index in [1.165, 1.54) is 0 Å². The highest BCUT2D eigenvalue weighted by Gasteiger charge is 2.10. The van der Waals surface area contributed by atoms with Gasteiger partial charge < -0.3 is 5.11 Å². The second-order valence-electron chi connectivity index (χ2n) is 3.76. The van der Waals surface area contributed by atoms with Crippen molar-refractivity contribution in [3.8, 4) is 0 Å². The highest BCUT2D eigenvalue weighted by Crippen LogP contribution is 2.25. The number of aliphatic hydroxyl groups is 1. The maximum atomic E-state index is 10.1. The minimum atomic E-state index is -0.452. The molecule has 16 heavy (non-hydrogen) atoms. The first kappa shape index (κ1) is 11.4. The van der Waals surface area contributed by atoms with Gasteiger partial charge in [0.25, 0.3) is 0 Å². The maximum Gasteiger partial charge on any atom is 0.0797 e. The van der Waals surface area contributed by atoms with Gasteiger partial charge in [0.15, 0.2) is 0 Å². The van der Waals surface area contributed by atoms with E-state index in [2.05, 4.69) is 4.98 Å². The molecule has 0 radical (unpaired) electrons. The van der Waals surface area contributed by atoms with Crippen molar-refractivity contribution in [1.82, 2.24) is 4.98 Å². The molecule has 1 aromatic heterocycles. The second-order valence-corrected chi connectivity index (χ2v) is 4.14. The van der Waals surface area contributed by atoms with Crippen molar-refractivity contribution in [2.45, 2.75) is 18.9 Å². The molecule has 0 spiro atoms. The lowest BCUT2D eigenvalue weighted by atomic mass is 10.0. The number of benzene rings is 1. The summed E-state index contributed by atoms with van der Waals surface area (Å²) in [6, 6.07) is 9.70. The van der Waals surface area contributed by atoms with Gasteiger partial charge in [-0.05, 0) is 30.5 Å². The number of nitrogens with zero attached hydrogens (tertiary/aromatic N) is 1. The molecular formula is C13H14ClNO. The van der Waals surface area contributed by atoms with Gasteiger partial charge in [0.1, 0.15) is 0 Å². The summed E-state index contributed by atoms with van der Waals surface area (Å²) in [6.45, 7) is 0. The number of aliphatic hydroxyl groups excluding tert-OH is 1. The fourth-order valence-corrected chi connectivity index (χ4v) is 2.00. The lowest BCUT2D eigenvalue weighted by Crippen LogP contribution is -1.99. The molecule has 0 amide bonds. The minimum Gasteiger partial charge on any atom is -0.388 e. The molecule has 1 unspecified atom stereocenters. The number of alkyl halides is 1. The number of halogens is 1. The van der Waals surface area contributed by atoms with Crippen LogP contribution in [0.4, 0.5) is 0 Å². The van der Waals surface area contributed by atoms with Crippen molar-refractivity contribution in [2.24, 2.45) is 0 Å². The summed E-state index contributed by atoms with van der Waals surface area (Å²) in [5.41, 5.74) is 1.86. The third kappa shape index (κ3) is 2.34. The van der Waals surface area contributed by atoms with E-state index in [-0.39, 0.29) is 0 Å². The molecule has 0 saturated heterocycles. The van der Waals surface area contributed by atoms with Gasteiger partial charge in [-0.1, -0.05) is 18.2 Å². The van der Waals surface area contributed by atoms with Crippen molar-refractivity contribution in [2.75, 3.05) is 5.88 Å². The van der Waals surface area contributed by atoms with Crippen molar-refractivity contribution in [3.05, 3.63) is 42.1 Å². The molecule has 0 fully saturated rings. The number of hydrogen-bond acceptors (Lipinski definition) is 2. The van der Waals surface area contributed by atoms with E-state index in [1.807, 2.05) is 30.3 Å². The van der Waals surface area contributed by atoms with Crippen LogP contribution in [0.5, 0.6) is 0 Å². The van der Waals surface area contributed by atoms with E-state index in [9.17, 15) is 5.11 Å². The molecule has 84 valence electrons. The molecule has 0 aliphatic heterocycles. The van der Waals surface area contributed by atoms with Gasteiger partial charge in [-0.15, -0.1) is 11.6 Å². The zero-order valence-electron chi connectivity index (χ0n) is 8.94. The summed E-state index contributed by atoms with van der Waals surface area (Å²) < 4.78 is 0. The van der Waals surface area contributed by atoms with Gasteiger partial charge >= 0.3 is 0 Å². The lowest BCUT2D eigenvalue weighted by molar-refractivity contribution is 0.168. The summed E-state index contributed by atoms with van der Waals surface area (Å²) >= 11 is 5.63. The monoisotopic (exact) mass is 235 g/mol. The molecule has 0 aliphatic carbocycles. The fraction of sp³-hybridized carbons (Fsp3) is 0.308. The third-order valence-corrected chi connectivity index (χ3v) is 2.92. The van der Waals surface area contributed by atoms with Gasteiger partial charge in [0.2, 0.25) is 0 Å². The molecule has 2 aromatic rings. The summed E-state index contributed by atoms with van der Waals surface area (Å²) in [6.07, 6.45) is 2.82. The van der Waals surface area contributed by atoms with Crippen LogP contribution in [0.25, 0.3) is 10.9 Å². The zero-order valence-corrected chi connectivity index (χ0v) is 9.69. The Bertz CT molecular complexity index is 467. The Morgan fingerprint density at radius 2 is 2.12 bits per heavy atom. The molecule has 1 heterocycles. The predicted octanol–water partition coefficient (Wildman–Crippen LogP) is 3.29. The van der Waals surface area contributed by atoms with Crippen molar-refractivity contribution >= 4 is 22.5 Å². The molecule has 0 saturated carbocycles. The highest BCUT2D eigenvalue weighted by molar-refractivity contribution is 6.17. The van der Waals surface area contributed by atoms with Crippen LogP contribution in [-0.4, -0.2) is 16.0 Å². The Balaban J connectivity index is 2.36. The number of aromatic nitrogens is 1. The van der Waals surface area contributed by atoms with Gasteiger partial charge in [-0.25, -0.2) is 0 Å². The minimum absolute atomic E-state index is 0.452. The third-order valence-electron chi connectivity index (χ3n) is 2.65. The van der Waals surface area contributed by atoms with Crippen LogP contribution >= 0.6 is 11.6 Å². The standard InChI is InChI=1S/C13H14ClNO/c14-8-2-7-13(16)11-4-1-6-12-10(11)5-3-9-15-12/h1,3-6,9,13,16H,2,7-8H2. The fourth-order valence-electron chi connectivity index (χ4n) is 1.84. The van der Waals surface area contributed by atoms with Crippen LogP contribution in [0.1, 0.15) is 24.5 Å². The van der Waals surface area contributed by atoms with Crippen molar-refractivity contribution in [1.29, 1.82) is 0 Å². The highest BCUT2D eigenvalue weighted by atomic mass is 35.5. The molecule has 2 nitrogen and oxygen atoms in total. The zero-order chi connectivity index (χ0) is 11.4. The van der Waals surface area contributed by atoms with E-state index in [0.717, 1.165) is 22.9 Å². The Labute approximate surface area is 99.9 Å². The normalized spacial score (nSPS) is 12.9. The Hall–Kier alpha value is -1.12. The molecular weight excluding hydrogens is 222 g/mol. The average Bonchev–Trinajstić information content (AvgIpc) is 2.35.